The highest BCUT2D eigenvalue weighted by Crippen LogP contribution is 2.19. The van der Waals surface area contributed by atoms with Crippen LogP contribution in [0.3, 0.4) is 0 Å². The number of allylic oxidation sites excluding steroid dienone is 4. The fourth-order valence-corrected chi connectivity index (χ4v) is 11.1. The molecule has 2 unspecified atom stereocenters. The highest BCUT2D eigenvalue weighted by atomic mass is 16.5. The van der Waals surface area contributed by atoms with Crippen LogP contribution in [0.1, 0.15) is 393 Å². The van der Waals surface area contributed by atoms with E-state index < -0.39 is 12.1 Å². The van der Waals surface area contributed by atoms with Crippen molar-refractivity contribution in [3.63, 3.8) is 0 Å². The molecular weight excluding hydrogens is 947 g/mol. The van der Waals surface area contributed by atoms with Crippen LogP contribution < -0.4 is 5.32 Å². The van der Waals surface area contributed by atoms with Gasteiger partial charge in [0.15, 0.2) is 0 Å². The van der Waals surface area contributed by atoms with Crippen molar-refractivity contribution >= 4 is 11.9 Å². The first-order valence-corrected chi connectivity index (χ1v) is 35.1. The highest BCUT2D eigenvalue weighted by molar-refractivity contribution is 5.76. The number of unbranched alkanes of at least 4 members (excludes halogenated alkanes) is 51. The molecule has 0 aromatic heterocycles. The topological polar surface area (TPSA) is 95.9 Å². The summed E-state index contributed by atoms with van der Waals surface area (Å²) in [5, 5.41) is 23.4. The smallest absolute Gasteiger partial charge is 0.305 e. The Hall–Kier alpha value is -1.66. The number of carbonyl (C=O) groups excluding carboxylic acids is 2. The van der Waals surface area contributed by atoms with Gasteiger partial charge in [-0.25, -0.2) is 0 Å². The molecule has 0 radical (unpaired) electrons. The summed E-state index contributed by atoms with van der Waals surface area (Å²) in [6.07, 6.45) is 83.6. The second kappa shape index (κ2) is 66.8. The summed E-state index contributed by atoms with van der Waals surface area (Å²) in [5.41, 5.74) is 0. The summed E-state index contributed by atoms with van der Waals surface area (Å²) in [6, 6.07) is -0.542. The molecule has 0 aromatic carbocycles. The Kier molecular flexibility index (Phi) is 65.4. The van der Waals surface area contributed by atoms with Crippen LogP contribution in [0.4, 0.5) is 0 Å². The third-order valence-electron chi connectivity index (χ3n) is 16.5. The molecule has 2 atom stereocenters. The Bertz CT molecular complexity index is 1200. The van der Waals surface area contributed by atoms with Gasteiger partial charge in [-0.15, -0.1) is 0 Å². The number of ether oxygens (including phenoxy) is 1. The number of nitrogens with one attached hydrogen (secondary N) is 1. The standard InChI is InChI=1S/C71H137NO5/c1-3-5-7-9-11-13-15-17-19-21-22-26-29-32-35-39-43-47-51-55-59-63-69(74)68(67-73)72-70(75)64-60-56-52-48-44-40-36-33-30-27-24-23-25-28-31-34-38-42-46-50-54-58-62-66-77-71(76)65-61-57-53-49-45-41-37-20-18-16-14-12-10-8-6-4-2/h14,16,20,37,68-69,73-74H,3-13,15,17-19,21-36,38-67H2,1-2H3,(H,72,75)/b16-14-,37-20-. The molecule has 0 bridgehead atoms. The predicted octanol–water partition coefficient (Wildman–Crippen LogP) is 22.5. The SMILES string of the molecule is CCCCCC/C=C\C/C=C\CCCCCCCC(=O)OCCCCCCCCCCCCCCCCCCCCCCCCCC(=O)NC(CO)C(O)CCCCCCCCCCCCCCCCCCCCCCC. The van der Waals surface area contributed by atoms with Crippen molar-refractivity contribution < 1.29 is 24.5 Å². The molecular formula is C71H137NO5. The van der Waals surface area contributed by atoms with Crippen LogP contribution in [0.5, 0.6) is 0 Å². The lowest BCUT2D eigenvalue weighted by Gasteiger charge is -2.22. The Balaban J connectivity index is 3.38. The first kappa shape index (κ1) is 75.3. The second-order valence-electron chi connectivity index (χ2n) is 24.2. The first-order chi connectivity index (χ1) is 38.0. The van der Waals surface area contributed by atoms with Gasteiger partial charge in [0, 0.05) is 12.8 Å². The monoisotopic (exact) mass is 1080 g/mol. The van der Waals surface area contributed by atoms with E-state index in [1.807, 2.05) is 0 Å². The highest BCUT2D eigenvalue weighted by Gasteiger charge is 2.20. The zero-order valence-corrected chi connectivity index (χ0v) is 52.2. The van der Waals surface area contributed by atoms with Gasteiger partial charge in [-0.2, -0.15) is 0 Å². The fraction of sp³-hybridized carbons (Fsp3) is 0.915. The molecule has 0 heterocycles. The van der Waals surface area contributed by atoms with Crippen molar-refractivity contribution in [2.75, 3.05) is 13.2 Å². The van der Waals surface area contributed by atoms with Crippen LogP contribution in [-0.2, 0) is 14.3 Å². The maximum atomic E-state index is 12.5. The van der Waals surface area contributed by atoms with Gasteiger partial charge in [-0.3, -0.25) is 9.59 Å². The van der Waals surface area contributed by atoms with Crippen molar-refractivity contribution in [2.24, 2.45) is 0 Å². The van der Waals surface area contributed by atoms with Gasteiger partial charge in [-0.05, 0) is 57.8 Å². The van der Waals surface area contributed by atoms with Gasteiger partial charge in [0.1, 0.15) is 0 Å². The molecule has 0 fully saturated rings. The molecule has 6 nitrogen and oxygen atoms in total. The van der Waals surface area contributed by atoms with Crippen molar-refractivity contribution in [1.82, 2.24) is 5.32 Å². The largest absolute Gasteiger partial charge is 0.466 e. The van der Waals surface area contributed by atoms with Gasteiger partial charge in [0.25, 0.3) is 0 Å². The number of hydrogen-bond acceptors (Lipinski definition) is 5. The summed E-state index contributed by atoms with van der Waals surface area (Å²) in [7, 11) is 0. The van der Waals surface area contributed by atoms with E-state index in [2.05, 4.69) is 43.5 Å². The minimum Gasteiger partial charge on any atom is -0.466 e. The third kappa shape index (κ3) is 63.4. The molecule has 77 heavy (non-hydrogen) atoms. The average molecular weight is 1080 g/mol. The van der Waals surface area contributed by atoms with Gasteiger partial charge in [0.2, 0.25) is 5.91 Å². The number of carbonyl (C=O) groups is 2. The molecule has 0 rings (SSSR count). The second-order valence-corrected chi connectivity index (χ2v) is 24.2. The molecule has 0 saturated heterocycles. The zero-order chi connectivity index (χ0) is 55.7. The molecule has 0 aliphatic heterocycles. The number of amides is 1. The molecule has 0 spiro atoms. The molecule has 1 amide bonds. The van der Waals surface area contributed by atoms with E-state index >= 15 is 0 Å². The summed E-state index contributed by atoms with van der Waals surface area (Å²) in [4.78, 5) is 24.6. The van der Waals surface area contributed by atoms with Crippen LogP contribution in [0, 0.1) is 0 Å². The number of aliphatic hydroxyl groups excluding tert-OH is 2. The summed E-state index contributed by atoms with van der Waals surface area (Å²) in [5.74, 6) is -0.0284. The van der Waals surface area contributed by atoms with Crippen LogP contribution in [-0.4, -0.2) is 47.4 Å². The van der Waals surface area contributed by atoms with Crippen LogP contribution in [0.2, 0.25) is 0 Å². The Morgan fingerprint density at radius 1 is 0.364 bits per heavy atom. The van der Waals surface area contributed by atoms with Gasteiger partial charge in [0.05, 0.1) is 25.4 Å². The van der Waals surface area contributed by atoms with Crippen molar-refractivity contribution in [2.45, 2.75) is 405 Å². The lowest BCUT2D eigenvalue weighted by molar-refractivity contribution is -0.143. The summed E-state index contributed by atoms with van der Waals surface area (Å²) in [6.45, 7) is 4.97. The summed E-state index contributed by atoms with van der Waals surface area (Å²) < 4.78 is 5.49. The Labute approximate surface area is 481 Å². The molecule has 0 aliphatic carbocycles. The van der Waals surface area contributed by atoms with Crippen molar-refractivity contribution in [3.05, 3.63) is 24.3 Å². The van der Waals surface area contributed by atoms with Gasteiger partial charge < -0.3 is 20.3 Å². The number of rotatable bonds is 66. The van der Waals surface area contributed by atoms with Crippen molar-refractivity contribution in [1.29, 1.82) is 0 Å². The quantitative estimate of drug-likeness (QED) is 0.0320. The lowest BCUT2D eigenvalue weighted by Crippen LogP contribution is -2.45. The van der Waals surface area contributed by atoms with E-state index in [9.17, 15) is 19.8 Å². The maximum absolute atomic E-state index is 12.5. The van der Waals surface area contributed by atoms with E-state index in [0.29, 0.717) is 25.9 Å². The van der Waals surface area contributed by atoms with Crippen LogP contribution in [0.25, 0.3) is 0 Å². The van der Waals surface area contributed by atoms with Gasteiger partial charge in [-0.1, -0.05) is 346 Å². The molecule has 6 heteroatoms. The fourth-order valence-electron chi connectivity index (χ4n) is 11.1. The lowest BCUT2D eigenvalue weighted by atomic mass is 10.0. The average Bonchev–Trinajstić information content (AvgIpc) is 3.43. The molecule has 456 valence electrons. The van der Waals surface area contributed by atoms with E-state index in [0.717, 1.165) is 51.4 Å². The van der Waals surface area contributed by atoms with E-state index in [1.54, 1.807) is 0 Å². The third-order valence-corrected chi connectivity index (χ3v) is 16.5. The molecule has 0 aliphatic rings. The van der Waals surface area contributed by atoms with E-state index in [-0.39, 0.29) is 18.5 Å². The predicted molar refractivity (Wildman–Crippen MR) is 338 cm³/mol. The zero-order valence-electron chi connectivity index (χ0n) is 52.2. The van der Waals surface area contributed by atoms with Crippen molar-refractivity contribution in [3.8, 4) is 0 Å². The Morgan fingerprint density at radius 3 is 1.00 bits per heavy atom. The van der Waals surface area contributed by atoms with E-state index in [1.165, 1.54) is 308 Å². The maximum Gasteiger partial charge on any atom is 0.305 e. The minimum atomic E-state index is -0.665. The molecule has 0 aromatic rings. The number of aliphatic hydroxyl groups is 2. The molecule has 0 saturated carbocycles. The Morgan fingerprint density at radius 2 is 0.649 bits per heavy atom. The number of esters is 1. The van der Waals surface area contributed by atoms with E-state index in [4.69, 9.17) is 4.74 Å². The first-order valence-electron chi connectivity index (χ1n) is 35.1. The normalized spacial score (nSPS) is 12.6. The van der Waals surface area contributed by atoms with Gasteiger partial charge >= 0.3 is 5.97 Å². The van der Waals surface area contributed by atoms with Crippen LogP contribution >= 0.6 is 0 Å². The number of hydrogen-bond donors (Lipinski definition) is 3. The summed E-state index contributed by atoms with van der Waals surface area (Å²) >= 11 is 0. The minimum absolute atomic E-state index is 0.00187. The molecule has 3 N–H and O–H groups in total. The van der Waals surface area contributed by atoms with Crippen LogP contribution in [0.15, 0.2) is 24.3 Å².